The molecule has 0 amide bonds. The molecule has 0 heterocycles. The van der Waals surface area contributed by atoms with E-state index in [-0.39, 0.29) is 5.69 Å². The highest BCUT2D eigenvalue weighted by atomic mass is 32.2. The largest absolute Gasteiger partial charge is 0.283 e. The van der Waals surface area contributed by atoms with Gasteiger partial charge in [-0.05, 0) is 18.2 Å². The predicted molar refractivity (Wildman–Crippen MR) is 74.9 cm³/mol. The Morgan fingerprint density at radius 1 is 1.05 bits per heavy atom. The molecule has 0 saturated carbocycles. The van der Waals surface area contributed by atoms with E-state index in [4.69, 9.17) is 5.14 Å². The molecule has 0 aliphatic heterocycles. The lowest BCUT2D eigenvalue weighted by Gasteiger charge is -2.09. The Bertz CT molecular complexity index is 845. The number of hydrogen-bond acceptors (Lipinski definition) is 6. The standard InChI is InChI=1S/C9H13FN2O6S3/c1-19(13,14)2-3-20(15,16)12-8-4-7(10)5-9(6-8)21(11,17)18/h4-6,12H,2-3H2,1H3,(H2,11,17,18). The van der Waals surface area contributed by atoms with Crippen molar-refractivity contribution in [3.05, 3.63) is 24.0 Å². The van der Waals surface area contributed by atoms with E-state index in [0.29, 0.717) is 6.07 Å². The summed E-state index contributed by atoms with van der Waals surface area (Å²) in [6.07, 6.45) is 0.865. The molecule has 0 bridgehead atoms. The van der Waals surface area contributed by atoms with Gasteiger partial charge in [0.15, 0.2) is 0 Å². The Hall–Kier alpha value is -1.24. The predicted octanol–water partition coefficient (Wildman–Crippen LogP) is -0.741. The van der Waals surface area contributed by atoms with Crippen LogP contribution < -0.4 is 9.86 Å². The lowest BCUT2D eigenvalue weighted by Crippen LogP contribution is -2.22. The van der Waals surface area contributed by atoms with Crippen LogP contribution in [0.2, 0.25) is 0 Å². The van der Waals surface area contributed by atoms with Crippen molar-refractivity contribution in [2.75, 3.05) is 22.5 Å². The minimum atomic E-state index is -4.21. The van der Waals surface area contributed by atoms with Gasteiger partial charge in [0, 0.05) is 6.26 Å². The number of halogens is 1. The molecule has 1 rings (SSSR count). The third kappa shape index (κ3) is 6.37. The van der Waals surface area contributed by atoms with Crippen molar-refractivity contribution < 1.29 is 29.6 Å². The molecule has 0 aliphatic rings. The fourth-order valence-electron chi connectivity index (χ4n) is 1.28. The van der Waals surface area contributed by atoms with Gasteiger partial charge in [0.25, 0.3) is 0 Å². The fraction of sp³-hybridized carbons (Fsp3) is 0.333. The van der Waals surface area contributed by atoms with Crippen molar-refractivity contribution in [3.63, 3.8) is 0 Å². The summed E-state index contributed by atoms with van der Waals surface area (Å²) in [5.74, 6) is -2.38. The van der Waals surface area contributed by atoms with E-state index in [1.165, 1.54) is 0 Å². The number of rotatable bonds is 6. The number of primary sulfonamides is 1. The summed E-state index contributed by atoms with van der Waals surface area (Å²) in [6, 6.07) is 2.20. The molecule has 8 nitrogen and oxygen atoms in total. The highest BCUT2D eigenvalue weighted by Gasteiger charge is 2.17. The van der Waals surface area contributed by atoms with Gasteiger partial charge in [-0.25, -0.2) is 34.8 Å². The SMILES string of the molecule is CS(=O)(=O)CCS(=O)(=O)Nc1cc(F)cc(S(N)(=O)=O)c1. The maximum atomic E-state index is 13.3. The van der Waals surface area contributed by atoms with Crippen LogP contribution in [0.3, 0.4) is 0 Å². The second-order valence-corrected chi connectivity index (χ2v) is 9.93. The molecule has 0 spiro atoms. The number of nitrogens with two attached hydrogens (primary N) is 1. The van der Waals surface area contributed by atoms with E-state index >= 15 is 0 Å². The summed E-state index contributed by atoms with van der Waals surface area (Å²) in [5.41, 5.74) is -0.368. The van der Waals surface area contributed by atoms with Crippen molar-refractivity contribution >= 4 is 35.6 Å². The molecular weight excluding hydrogens is 347 g/mol. The molecule has 0 aromatic heterocycles. The Morgan fingerprint density at radius 3 is 2.10 bits per heavy atom. The molecule has 120 valence electrons. The lowest BCUT2D eigenvalue weighted by atomic mass is 10.3. The van der Waals surface area contributed by atoms with E-state index in [1.54, 1.807) is 0 Å². The summed E-state index contributed by atoms with van der Waals surface area (Å²) in [6.45, 7) is 0. The smallest absolute Gasteiger partial charge is 0.238 e. The van der Waals surface area contributed by atoms with Crippen LogP contribution in [-0.4, -0.2) is 43.0 Å². The van der Waals surface area contributed by atoms with Crippen LogP contribution in [0.15, 0.2) is 23.1 Å². The van der Waals surface area contributed by atoms with Gasteiger partial charge >= 0.3 is 0 Å². The van der Waals surface area contributed by atoms with Gasteiger partial charge in [0.2, 0.25) is 20.0 Å². The van der Waals surface area contributed by atoms with Gasteiger partial charge in [-0.2, -0.15) is 0 Å². The van der Waals surface area contributed by atoms with Gasteiger partial charge in [-0.15, -0.1) is 0 Å². The number of sulfone groups is 1. The quantitative estimate of drug-likeness (QED) is 0.684. The van der Waals surface area contributed by atoms with Crippen LogP contribution in [0.4, 0.5) is 10.1 Å². The van der Waals surface area contributed by atoms with Crippen LogP contribution in [0.25, 0.3) is 0 Å². The average molecular weight is 360 g/mol. The average Bonchev–Trinajstić information content (AvgIpc) is 2.23. The third-order valence-corrected chi connectivity index (χ3v) is 5.58. The number of hydrogen-bond donors (Lipinski definition) is 2. The van der Waals surface area contributed by atoms with Crippen LogP contribution in [0, 0.1) is 5.82 Å². The highest BCUT2D eigenvalue weighted by Crippen LogP contribution is 2.18. The summed E-state index contributed by atoms with van der Waals surface area (Å²) in [4.78, 5) is -0.608. The first-order valence-corrected chi connectivity index (χ1v) is 10.6. The second kappa shape index (κ2) is 5.87. The normalized spacial score (nSPS) is 13.1. The van der Waals surface area contributed by atoms with Crippen LogP contribution in [0.5, 0.6) is 0 Å². The molecule has 3 N–H and O–H groups in total. The maximum absolute atomic E-state index is 13.3. The van der Waals surface area contributed by atoms with E-state index in [9.17, 15) is 29.6 Å². The molecule has 1 aromatic rings. The first-order chi connectivity index (χ1) is 9.28. The van der Waals surface area contributed by atoms with Gasteiger partial charge in [-0.1, -0.05) is 0 Å². The Balaban J connectivity index is 3.06. The minimum absolute atomic E-state index is 0.368. The zero-order valence-electron chi connectivity index (χ0n) is 10.8. The van der Waals surface area contributed by atoms with Crippen LogP contribution >= 0.6 is 0 Å². The van der Waals surface area contributed by atoms with Crippen LogP contribution in [-0.2, 0) is 29.9 Å². The summed E-state index contributed by atoms with van der Waals surface area (Å²) in [5, 5.41) is 4.82. The first kappa shape index (κ1) is 17.8. The van der Waals surface area contributed by atoms with E-state index in [0.717, 1.165) is 18.4 Å². The second-order valence-electron chi connectivity index (χ2n) is 4.27. The number of nitrogens with one attached hydrogen (secondary N) is 1. The van der Waals surface area contributed by atoms with Crippen LogP contribution in [0.1, 0.15) is 0 Å². The summed E-state index contributed by atoms with van der Waals surface area (Å²) >= 11 is 0. The number of benzene rings is 1. The number of anilines is 1. The Morgan fingerprint density at radius 2 is 1.62 bits per heavy atom. The molecule has 12 heteroatoms. The monoisotopic (exact) mass is 360 g/mol. The lowest BCUT2D eigenvalue weighted by molar-refractivity contribution is 0.591. The molecule has 0 atom stereocenters. The van der Waals surface area contributed by atoms with Crippen molar-refractivity contribution in [2.24, 2.45) is 5.14 Å². The van der Waals surface area contributed by atoms with Crippen molar-refractivity contribution in [3.8, 4) is 0 Å². The molecule has 21 heavy (non-hydrogen) atoms. The van der Waals surface area contributed by atoms with Gasteiger partial charge in [-0.3, -0.25) is 4.72 Å². The van der Waals surface area contributed by atoms with Crippen molar-refractivity contribution in [1.82, 2.24) is 0 Å². The van der Waals surface area contributed by atoms with Crippen molar-refractivity contribution in [1.29, 1.82) is 0 Å². The molecule has 0 radical (unpaired) electrons. The van der Waals surface area contributed by atoms with Gasteiger partial charge in [0.05, 0.1) is 22.1 Å². The van der Waals surface area contributed by atoms with Gasteiger partial charge in [0.1, 0.15) is 15.7 Å². The molecular formula is C9H13FN2O6S3. The van der Waals surface area contributed by atoms with E-state index < -0.39 is 52.1 Å². The Kier molecular flexibility index (Phi) is 4.98. The molecule has 0 aliphatic carbocycles. The summed E-state index contributed by atoms with van der Waals surface area (Å²) in [7, 11) is -11.8. The topological polar surface area (TPSA) is 140 Å². The van der Waals surface area contributed by atoms with Gasteiger partial charge < -0.3 is 0 Å². The Labute approximate surface area is 122 Å². The highest BCUT2D eigenvalue weighted by molar-refractivity contribution is 7.95. The maximum Gasteiger partial charge on any atom is 0.238 e. The zero-order chi connectivity index (χ0) is 16.5. The molecule has 0 saturated heterocycles. The summed E-state index contributed by atoms with van der Waals surface area (Å²) < 4.78 is 82.5. The third-order valence-electron chi connectivity index (χ3n) is 2.20. The first-order valence-electron chi connectivity index (χ1n) is 5.30. The zero-order valence-corrected chi connectivity index (χ0v) is 13.2. The number of sulfonamides is 2. The minimum Gasteiger partial charge on any atom is -0.283 e. The molecule has 1 aromatic carbocycles. The van der Waals surface area contributed by atoms with E-state index in [2.05, 4.69) is 0 Å². The fourth-order valence-corrected chi connectivity index (χ4v) is 4.51. The van der Waals surface area contributed by atoms with Crippen molar-refractivity contribution in [2.45, 2.75) is 4.90 Å². The van der Waals surface area contributed by atoms with E-state index in [1.807, 2.05) is 4.72 Å². The molecule has 0 fully saturated rings. The molecule has 0 unspecified atom stereocenters.